The minimum Gasteiger partial charge on any atom is -0.465 e. The highest BCUT2D eigenvalue weighted by Gasteiger charge is 2.36. The third kappa shape index (κ3) is 4.30. The number of methoxy groups -OCH3 is 1. The molecule has 0 spiro atoms. The fourth-order valence-electron chi connectivity index (χ4n) is 4.31. The van der Waals surface area contributed by atoms with Crippen LogP contribution in [0.3, 0.4) is 0 Å². The zero-order valence-electron chi connectivity index (χ0n) is 19.7. The molecule has 3 aromatic carbocycles. The number of rotatable bonds is 5. The number of thiophene rings is 1. The molecule has 0 atom stereocenters. The molecule has 1 aliphatic rings. The Bertz CT molecular complexity index is 1570. The van der Waals surface area contributed by atoms with Crippen molar-refractivity contribution in [1.29, 1.82) is 0 Å². The summed E-state index contributed by atoms with van der Waals surface area (Å²) in [6.45, 7) is 1.84. The van der Waals surface area contributed by atoms with E-state index >= 15 is 0 Å². The first kappa shape index (κ1) is 24.4. The van der Waals surface area contributed by atoms with Gasteiger partial charge < -0.3 is 10.1 Å². The first-order valence-corrected chi connectivity index (χ1v) is 12.4. The topological polar surface area (TPSA) is 92.8 Å². The van der Waals surface area contributed by atoms with Crippen molar-refractivity contribution in [3.8, 4) is 11.1 Å². The lowest BCUT2D eigenvalue weighted by Gasteiger charge is -2.15. The monoisotopic (exact) mass is 530 g/mol. The summed E-state index contributed by atoms with van der Waals surface area (Å²) in [6, 6.07) is 19.8. The number of ether oxygens (including phenoxy) is 1. The van der Waals surface area contributed by atoms with Crippen molar-refractivity contribution >= 4 is 57.3 Å². The van der Waals surface area contributed by atoms with Crippen molar-refractivity contribution in [3.05, 3.63) is 105 Å². The molecule has 37 heavy (non-hydrogen) atoms. The first-order valence-electron chi connectivity index (χ1n) is 11.2. The predicted octanol–water partition coefficient (Wildman–Crippen LogP) is 6.22. The molecule has 0 saturated heterocycles. The van der Waals surface area contributed by atoms with E-state index in [0.29, 0.717) is 26.7 Å². The molecule has 0 aliphatic carbocycles. The van der Waals surface area contributed by atoms with E-state index in [4.69, 9.17) is 16.3 Å². The third-order valence-corrected chi connectivity index (χ3v) is 7.23. The lowest BCUT2D eigenvalue weighted by Crippen LogP contribution is -2.29. The molecule has 0 unspecified atom stereocenters. The second-order valence-electron chi connectivity index (χ2n) is 8.24. The first-order chi connectivity index (χ1) is 17.8. The molecular formula is C28H19ClN2O5S. The Hall–Kier alpha value is -4.27. The fourth-order valence-corrected chi connectivity index (χ4v) is 5.56. The highest BCUT2D eigenvalue weighted by Crippen LogP contribution is 2.41. The van der Waals surface area contributed by atoms with Gasteiger partial charge in [-0.2, -0.15) is 0 Å². The molecule has 1 aliphatic heterocycles. The summed E-state index contributed by atoms with van der Waals surface area (Å²) in [6.07, 6.45) is 0. The number of nitrogens with one attached hydrogen (secondary N) is 1. The van der Waals surface area contributed by atoms with E-state index in [1.807, 2.05) is 13.0 Å². The average molecular weight is 531 g/mol. The number of hydrogen-bond acceptors (Lipinski definition) is 6. The van der Waals surface area contributed by atoms with E-state index in [2.05, 4.69) is 5.32 Å². The molecule has 184 valence electrons. The van der Waals surface area contributed by atoms with Crippen LogP contribution in [0.1, 0.15) is 46.3 Å². The Morgan fingerprint density at radius 1 is 0.919 bits per heavy atom. The number of nitrogens with zero attached hydrogens (tertiary/aromatic N) is 1. The number of carbonyl (C=O) groups is 4. The van der Waals surface area contributed by atoms with Crippen molar-refractivity contribution < 1.29 is 23.9 Å². The van der Waals surface area contributed by atoms with Gasteiger partial charge in [0.25, 0.3) is 17.7 Å². The molecule has 0 saturated carbocycles. The SMILES string of the molecule is COC(=O)c1c(NC(=O)c2cccc(N3C(=O)c4ccccc4C3=O)c2)sc(C)c1-c1cccc(Cl)c1. The molecule has 5 rings (SSSR count). The van der Waals surface area contributed by atoms with Gasteiger partial charge in [0, 0.05) is 21.0 Å². The molecule has 0 bridgehead atoms. The Labute approximate surface area is 221 Å². The van der Waals surface area contributed by atoms with Crippen molar-refractivity contribution in [3.63, 3.8) is 0 Å². The molecular weight excluding hydrogens is 512 g/mol. The number of anilines is 2. The summed E-state index contributed by atoms with van der Waals surface area (Å²) in [5.41, 5.74) is 2.66. The van der Waals surface area contributed by atoms with Gasteiger partial charge in [-0.25, -0.2) is 9.69 Å². The Morgan fingerprint density at radius 3 is 2.24 bits per heavy atom. The number of amides is 3. The second-order valence-corrected chi connectivity index (χ2v) is 9.90. The maximum Gasteiger partial charge on any atom is 0.341 e. The number of esters is 1. The normalized spacial score (nSPS) is 12.5. The molecule has 2 heterocycles. The van der Waals surface area contributed by atoms with Crippen LogP contribution in [0.25, 0.3) is 11.1 Å². The van der Waals surface area contributed by atoms with Crippen LogP contribution < -0.4 is 10.2 Å². The fraction of sp³-hybridized carbons (Fsp3) is 0.0714. The van der Waals surface area contributed by atoms with Crippen LogP contribution in [-0.4, -0.2) is 30.8 Å². The van der Waals surface area contributed by atoms with Crippen LogP contribution in [-0.2, 0) is 4.74 Å². The van der Waals surface area contributed by atoms with E-state index in [1.54, 1.807) is 60.7 Å². The van der Waals surface area contributed by atoms with Gasteiger partial charge in [0.1, 0.15) is 10.6 Å². The van der Waals surface area contributed by atoms with Crippen LogP contribution in [0, 0.1) is 6.92 Å². The molecule has 1 N–H and O–H groups in total. The molecule has 0 fully saturated rings. The highest BCUT2D eigenvalue weighted by atomic mass is 35.5. The Kier molecular flexibility index (Phi) is 6.37. The summed E-state index contributed by atoms with van der Waals surface area (Å²) < 4.78 is 5.01. The summed E-state index contributed by atoms with van der Waals surface area (Å²) in [4.78, 5) is 53.6. The molecule has 0 radical (unpaired) electrons. The standard InChI is InChI=1S/C28H19ClN2O5S/c1-15-22(16-7-5-9-18(29)13-16)23(28(35)36-2)25(37-15)30-24(32)17-8-6-10-19(14-17)31-26(33)20-11-3-4-12-21(20)27(31)34/h3-14H,1-2H3,(H,30,32). The van der Waals surface area contributed by atoms with Gasteiger partial charge in [0.2, 0.25) is 0 Å². The van der Waals surface area contributed by atoms with E-state index in [1.165, 1.54) is 24.5 Å². The van der Waals surface area contributed by atoms with Gasteiger partial charge in [-0.15, -0.1) is 11.3 Å². The van der Waals surface area contributed by atoms with Crippen LogP contribution in [0.2, 0.25) is 5.02 Å². The number of halogens is 1. The number of aryl methyl sites for hydroxylation is 1. The minimum absolute atomic E-state index is 0.209. The Balaban J connectivity index is 1.48. The van der Waals surface area contributed by atoms with Gasteiger partial charge in [-0.05, 0) is 55.0 Å². The lowest BCUT2D eigenvalue weighted by atomic mass is 10.0. The second kappa shape index (κ2) is 9.65. The summed E-state index contributed by atoms with van der Waals surface area (Å²) >= 11 is 7.40. The molecule has 4 aromatic rings. The maximum atomic E-state index is 13.3. The van der Waals surface area contributed by atoms with Gasteiger partial charge in [-0.1, -0.05) is 41.9 Å². The highest BCUT2D eigenvalue weighted by molar-refractivity contribution is 7.17. The quantitative estimate of drug-likeness (QED) is 0.244. The maximum absolute atomic E-state index is 13.3. The zero-order valence-corrected chi connectivity index (χ0v) is 21.3. The summed E-state index contributed by atoms with van der Waals surface area (Å²) in [5, 5.41) is 3.63. The van der Waals surface area contributed by atoms with Crippen molar-refractivity contribution in [2.45, 2.75) is 6.92 Å². The molecule has 3 amide bonds. The predicted molar refractivity (Wildman–Crippen MR) is 143 cm³/mol. The van der Waals surface area contributed by atoms with Crippen LogP contribution >= 0.6 is 22.9 Å². The van der Waals surface area contributed by atoms with E-state index < -0.39 is 23.7 Å². The molecule has 1 aromatic heterocycles. The number of fused-ring (bicyclic) bond motifs is 1. The van der Waals surface area contributed by atoms with Crippen molar-refractivity contribution in [2.24, 2.45) is 0 Å². The van der Waals surface area contributed by atoms with E-state index in [0.717, 1.165) is 15.3 Å². The van der Waals surface area contributed by atoms with E-state index in [-0.39, 0.29) is 16.8 Å². The van der Waals surface area contributed by atoms with Gasteiger partial charge >= 0.3 is 5.97 Å². The third-order valence-electron chi connectivity index (χ3n) is 5.97. The van der Waals surface area contributed by atoms with Gasteiger partial charge in [-0.3, -0.25) is 14.4 Å². The molecule has 7 nitrogen and oxygen atoms in total. The lowest BCUT2D eigenvalue weighted by molar-refractivity contribution is 0.0603. The van der Waals surface area contributed by atoms with Crippen LogP contribution in [0.15, 0.2) is 72.8 Å². The van der Waals surface area contributed by atoms with Crippen molar-refractivity contribution in [1.82, 2.24) is 0 Å². The summed E-state index contributed by atoms with van der Waals surface area (Å²) in [7, 11) is 1.27. The number of carbonyl (C=O) groups excluding carboxylic acids is 4. The van der Waals surface area contributed by atoms with Crippen molar-refractivity contribution in [2.75, 3.05) is 17.3 Å². The zero-order chi connectivity index (χ0) is 26.3. The molecule has 9 heteroatoms. The van der Waals surface area contributed by atoms with E-state index in [9.17, 15) is 19.2 Å². The summed E-state index contributed by atoms with van der Waals surface area (Å²) in [5.74, 6) is -2.02. The Morgan fingerprint density at radius 2 is 1.59 bits per heavy atom. The number of imide groups is 1. The van der Waals surface area contributed by atoms with Crippen LogP contribution in [0.4, 0.5) is 10.7 Å². The smallest absolute Gasteiger partial charge is 0.341 e. The van der Waals surface area contributed by atoms with Crippen LogP contribution in [0.5, 0.6) is 0 Å². The van der Waals surface area contributed by atoms with Gasteiger partial charge in [0.05, 0.1) is 23.9 Å². The minimum atomic E-state index is -0.602. The largest absolute Gasteiger partial charge is 0.465 e. The average Bonchev–Trinajstić information content (AvgIpc) is 3.36. The number of benzene rings is 3. The number of hydrogen-bond donors (Lipinski definition) is 1. The van der Waals surface area contributed by atoms with Gasteiger partial charge in [0.15, 0.2) is 0 Å².